The predicted molar refractivity (Wildman–Crippen MR) is 99.8 cm³/mol. The summed E-state index contributed by atoms with van der Waals surface area (Å²) in [6, 6.07) is 9.65. The first-order valence-corrected chi connectivity index (χ1v) is 8.54. The van der Waals surface area contributed by atoms with Crippen LogP contribution in [0.1, 0.15) is 27.6 Å². The summed E-state index contributed by atoms with van der Waals surface area (Å²) in [7, 11) is 2.96. The molecule has 0 heterocycles. The first kappa shape index (κ1) is 19.6. The van der Waals surface area contributed by atoms with E-state index in [1.54, 1.807) is 24.3 Å². The highest BCUT2D eigenvalue weighted by molar-refractivity contribution is 9.10. The maximum Gasteiger partial charge on any atom is 0.269 e. The molecule has 2 rings (SSSR count). The first-order valence-electron chi connectivity index (χ1n) is 7.75. The summed E-state index contributed by atoms with van der Waals surface area (Å²) in [5, 5.41) is 0. The summed E-state index contributed by atoms with van der Waals surface area (Å²) in [5.74, 6) is 0.590. The van der Waals surface area contributed by atoms with Gasteiger partial charge in [-0.05, 0) is 59.3 Å². The number of hydrazine groups is 1. The van der Waals surface area contributed by atoms with Crippen LogP contribution in [0.15, 0.2) is 40.9 Å². The molecule has 0 aromatic heterocycles. The molecular weight excluding hydrogens is 404 g/mol. The largest absolute Gasteiger partial charge is 0.495 e. The Labute approximate surface area is 159 Å². The van der Waals surface area contributed by atoms with Crippen molar-refractivity contribution >= 4 is 27.7 Å². The van der Waals surface area contributed by atoms with Crippen LogP contribution in [0.25, 0.3) is 0 Å². The standard InChI is InChI=1S/C18H19BrN2O5/c1-4-26-13-7-5-11(6-8-13)17(22)20-21-18(23)12-9-14(24-2)16(19)15(10-12)25-3/h5-10H,4H2,1-3H3,(H,20,22)(H,21,23). The number of ether oxygens (including phenoxy) is 3. The molecule has 0 aliphatic heterocycles. The Kier molecular flexibility index (Phi) is 6.85. The molecule has 0 fully saturated rings. The molecule has 26 heavy (non-hydrogen) atoms. The van der Waals surface area contributed by atoms with Crippen molar-refractivity contribution in [2.24, 2.45) is 0 Å². The average molecular weight is 423 g/mol. The number of benzene rings is 2. The number of methoxy groups -OCH3 is 2. The Balaban J connectivity index is 2.05. The second-order valence-corrected chi connectivity index (χ2v) is 5.85. The molecule has 0 bridgehead atoms. The fraction of sp³-hybridized carbons (Fsp3) is 0.222. The van der Waals surface area contributed by atoms with E-state index in [-0.39, 0.29) is 5.56 Å². The van der Waals surface area contributed by atoms with Gasteiger partial charge >= 0.3 is 0 Å². The van der Waals surface area contributed by atoms with Crippen molar-refractivity contribution in [2.45, 2.75) is 6.92 Å². The molecule has 138 valence electrons. The van der Waals surface area contributed by atoms with Gasteiger partial charge in [-0.2, -0.15) is 0 Å². The van der Waals surface area contributed by atoms with E-state index in [1.807, 2.05) is 6.92 Å². The van der Waals surface area contributed by atoms with Crippen molar-refractivity contribution in [3.8, 4) is 17.2 Å². The lowest BCUT2D eigenvalue weighted by atomic mass is 10.2. The molecule has 2 N–H and O–H groups in total. The number of halogens is 1. The molecule has 0 spiro atoms. The first-order chi connectivity index (χ1) is 12.5. The van der Waals surface area contributed by atoms with Gasteiger partial charge in [-0.25, -0.2) is 0 Å². The van der Waals surface area contributed by atoms with Crippen LogP contribution >= 0.6 is 15.9 Å². The third-order valence-electron chi connectivity index (χ3n) is 3.42. The van der Waals surface area contributed by atoms with Crippen LogP contribution in [-0.4, -0.2) is 32.6 Å². The van der Waals surface area contributed by atoms with E-state index in [4.69, 9.17) is 14.2 Å². The maximum absolute atomic E-state index is 12.3. The zero-order chi connectivity index (χ0) is 19.1. The van der Waals surface area contributed by atoms with Gasteiger partial charge in [-0.15, -0.1) is 0 Å². The van der Waals surface area contributed by atoms with Crippen molar-refractivity contribution in [2.75, 3.05) is 20.8 Å². The van der Waals surface area contributed by atoms with Crippen molar-refractivity contribution in [3.05, 3.63) is 52.0 Å². The Bertz CT molecular complexity index is 768. The Morgan fingerprint density at radius 2 is 1.42 bits per heavy atom. The van der Waals surface area contributed by atoms with Gasteiger partial charge in [0.15, 0.2) is 0 Å². The van der Waals surface area contributed by atoms with Crippen LogP contribution in [0, 0.1) is 0 Å². The summed E-state index contributed by atoms with van der Waals surface area (Å²) in [5.41, 5.74) is 5.39. The van der Waals surface area contributed by atoms with Crippen molar-refractivity contribution < 1.29 is 23.8 Å². The quantitative estimate of drug-likeness (QED) is 0.698. The second kappa shape index (κ2) is 9.10. The summed E-state index contributed by atoms with van der Waals surface area (Å²) < 4.78 is 16.3. The Morgan fingerprint density at radius 3 is 1.88 bits per heavy atom. The lowest BCUT2D eigenvalue weighted by Gasteiger charge is -2.12. The lowest BCUT2D eigenvalue weighted by Crippen LogP contribution is -2.41. The molecule has 0 aliphatic carbocycles. The molecule has 2 aromatic rings. The van der Waals surface area contributed by atoms with Crippen LogP contribution in [0.3, 0.4) is 0 Å². The van der Waals surface area contributed by atoms with Crippen LogP contribution < -0.4 is 25.1 Å². The number of carbonyl (C=O) groups is 2. The molecule has 8 heteroatoms. The molecule has 0 saturated heterocycles. The SMILES string of the molecule is CCOc1ccc(C(=O)NNC(=O)c2cc(OC)c(Br)c(OC)c2)cc1. The molecule has 2 amide bonds. The van der Waals surface area contributed by atoms with Crippen LogP contribution in [0.5, 0.6) is 17.2 Å². The summed E-state index contributed by atoms with van der Waals surface area (Å²) in [6.07, 6.45) is 0. The minimum atomic E-state index is -0.506. The highest BCUT2D eigenvalue weighted by Gasteiger charge is 2.15. The molecule has 0 aliphatic rings. The summed E-state index contributed by atoms with van der Waals surface area (Å²) in [6.45, 7) is 2.42. The van der Waals surface area contributed by atoms with Crippen LogP contribution in [-0.2, 0) is 0 Å². The average Bonchev–Trinajstić information content (AvgIpc) is 2.66. The normalized spacial score (nSPS) is 10.0. The second-order valence-electron chi connectivity index (χ2n) is 5.06. The van der Waals surface area contributed by atoms with E-state index >= 15 is 0 Å². The number of hydrogen-bond donors (Lipinski definition) is 2. The number of carbonyl (C=O) groups excluding carboxylic acids is 2. The van der Waals surface area contributed by atoms with Crippen molar-refractivity contribution in [1.29, 1.82) is 0 Å². The molecular formula is C18H19BrN2O5. The zero-order valence-corrected chi connectivity index (χ0v) is 16.2. The van der Waals surface area contributed by atoms with Crippen molar-refractivity contribution in [1.82, 2.24) is 10.9 Å². The van der Waals surface area contributed by atoms with Gasteiger partial charge in [0.25, 0.3) is 11.8 Å². The minimum Gasteiger partial charge on any atom is -0.495 e. The number of hydrogen-bond acceptors (Lipinski definition) is 5. The van der Waals surface area contributed by atoms with E-state index in [1.165, 1.54) is 26.4 Å². The fourth-order valence-corrected chi connectivity index (χ4v) is 2.68. The lowest BCUT2D eigenvalue weighted by molar-refractivity contribution is 0.0846. The van der Waals surface area contributed by atoms with E-state index in [9.17, 15) is 9.59 Å². The van der Waals surface area contributed by atoms with Gasteiger partial charge in [0, 0.05) is 11.1 Å². The smallest absolute Gasteiger partial charge is 0.269 e. The summed E-state index contributed by atoms with van der Waals surface area (Å²) >= 11 is 3.33. The summed E-state index contributed by atoms with van der Waals surface area (Å²) in [4.78, 5) is 24.4. The molecule has 2 aromatic carbocycles. The minimum absolute atomic E-state index is 0.272. The molecule has 0 radical (unpaired) electrons. The number of amides is 2. The van der Waals surface area contributed by atoms with Gasteiger partial charge in [0.05, 0.1) is 20.8 Å². The third kappa shape index (κ3) is 4.66. The highest BCUT2D eigenvalue weighted by Crippen LogP contribution is 2.35. The van der Waals surface area contributed by atoms with Gasteiger partial charge in [-0.3, -0.25) is 20.4 Å². The maximum atomic E-state index is 12.3. The van der Waals surface area contributed by atoms with Crippen molar-refractivity contribution in [3.63, 3.8) is 0 Å². The van der Waals surface area contributed by atoms with Gasteiger partial charge in [0.2, 0.25) is 0 Å². The predicted octanol–water partition coefficient (Wildman–Crippen LogP) is 2.94. The van der Waals surface area contributed by atoms with E-state index in [0.29, 0.717) is 33.9 Å². The third-order valence-corrected chi connectivity index (χ3v) is 4.21. The van der Waals surface area contributed by atoms with Crippen LogP contribution in [0.4, 0.5) is 0 Å². The van der Waals surface area contributed by atoms with Crippen LogP contribution in [0.2, 0.25) is 0 Å². The number of rotatable bonds is 6. The number of nitrogens with one attached hydrogen (secondary N) is 2. The Morgan fingerprint density at radius 1 is 0.923 bits per heavy atom. The fourth-order valence-electron chi connectivity index (χ4n) is 2.13. The van der Waals surface area contributed by atoms with Gasteiger partial charge in [-0.1, -0.05) is 0 Å². The topological polar surface area (TPSA) is 85.9 Å². The highest BCUT2D eigenvalue weighted by atomic mass is 79.9. The zero-order valence-electron chi connectivity index (χ0n) is 14.6. The van der Waals surface area contributed by atoms with E-state index in [2.05, 4.69) is 26.8 Å². The monoisotopic (exact) mass is 422 g/mol. The van der Waals surface area contributed by atoms with E-state index < -0.39 is 11.8 Å². The van der Waals surface area contributed by atoms with Gasteiger partial charge < -0.3 is 14.2 Å². The van der Waals surface area contributed by atoms with Gasteiger partial charge in [0.1, 0.15) is 21.7 Å². The molecule has 0 atom stereocenters. The molecule has 7 nitrogen and oxygen atoms in total. The molecule has 0 unspecified atom stereocenters. The van der Waals surface area contributed by atoms with E-state index in [0.717, 1.165) is 0 Å². The Hall–Kier alpha value is -2.74. The molecule has 0 saturated carbocycles.